The molecule has 0 aliphatic rings. The smallest absolute Gasteiger partial charge is 0.254 e. The molecule has 6 heteroatoms. The molecular formula is C19H24N4OS. The molecule has 0 radical (unpaired) electrons. The Hall–Kier alpha value is -2.21. The van der Waals surface area contributed by atoms with Gasteiger partial charge in [-0.15, -0.1) is 11.3 Å². The standard InChI is InChI=1S/C19H24N4OS/c1-7-22(6)19(24)15-9-17(14-8-12(4)25-13(14)5)21-18-16(15)10-20-23(18)11(2)3/h8-11H,7H2,1-6H3. The summed E-state index contributed by atoms with van der Waals surface area (Å²) in [6.45, 7) is 11.0. The zero-order valence-electron chi connectivity index (χ0n) is 15.6. The summed E-state index contributed by atoms with van der Waals surface area (Å²) in [5, 5.41) is 5.28. The second kappa shape index (κ2) is 6.59. The number of hydrogen-bond donors (Lipinski definition) is 0. The lowest BCUT2D eigenvalue weighted by molar-refractivity contribution is 0.0804. The summed E-state index contributed by atoms with van der Waals surface area (Å²) in [5.41, 5.74) is 3.36. The number of carbonyl (C=O) groups is 1. The number of aromatic nitrogens is 3. The number of pyridine rings is 1. The molecule has 0 unspecified atom stereocenters. The van der Waals surface area contributed by atoms with Gasteiger partial charge in [-0.1, -0.05) is 0 Å². The number of rotatable bonds is 4. The molecule has 0 bridgehead atoms. The molecule has 0 saturated carbocycles. The Morgan fingerprint density at radius 2 is 2.04 bits per heavy atom. The fraction of sp³-hybridized carbons (Fsp3) is 0.421. The van der Waals surface area contributed by atoms with Crippen LogP contribution in [0.4, 0.5) is 0 Å². The van der Waals surface area contributed by atoms with Gasteiger partial charge < -0.3 is 4.90 Å². The Bertz CT molecular complexity index is 938. The monoisotopic (exact) mass is 356 g/mol. The van der Waals surface area contributed by atoms with Crippen LogP contribution in [0.2, 0.25) is 0 Å². The normalized spacial score (nSPS) is 11.5. The number of hydrogen-bond acceptors (Lipinski definition) is 4. The van der Waals surface area contributed by atoms with Crippen molar-refractivity contribution < 1.29 is 4.79 Å². The highest BCUT2D eigenvalue weighted by Crippen LogP contribution is 2.32. The van der Waals surface area contributed by atoms with E-state index < -0.39 is 0 Å². The Balaban J connectivity index is 2.30. The Kier molecular flexibility index (Phi) is 4.64. The molecule has 0 aliphatic carbocycles. The van der Waals surface area contributed by atoms with Crippen molar-refractivity contribution in [3.63, 3.8) is 0 Å². The first-order chi connectivity index (χ1) is 11.8. The molecule has 3 rings (SSSR count). The molecule has 0 aliphatic heterocycles. The Morgan fingerprint density at radius 3 is 2.60 bits per heavy atom. The fourth-order valence-corrected chi connectivity index (χ4v) is 3.88. The van der Waals surface area contributed by atoms with Crippen LogP contribution in [-0.4, -0.2) is 39.2 Å². The third-order valence-corrected chi connectivity index (χ3v) is 5.39. The molecule has 3 aromatic rings. The molecule has 132 valence electrons. The third-order valence-electron chi connectivity index (χ3n) is 4.42. The van der Waals surface area contributed by atoms with E-state index in [1.807, 2.05) is 24.7 Å². The van der Waals surface area contributed by atoms with Crippen LogP contribution >= 0.6 is 11.3 Å². The lowest BCUT2D eigenvalue weighted by Crippen LogP contribution is -2.26. The van der Waals surface area contributed by atoms with Gasteiger partial charge in [0.1, 0.15) is 0 Å². The van der Waals surface area contributed by atoms with Crippen LogP contribution < -0.4 is 0 Å². The van der Waals surface area contributed by atoms with E-state index in [9.17, 15) is 4.79 Å². The predicted octanol–water partition coefficient (Wildman–Crippen LogP) is 4.45. The van der Waals surface area contributed by atoms with Crippen LogP contribution in [0.5, 0.6) is 0 Å². The largest absolute Gasteiger partial charge is 0.342 e. The van der Waals surface area contributed by atoms with Crippen molar-refractivity contribution in [2.45, 2.75) is 40.7 Å². The molecule has 25 heavy (non-hydrogen) atoms. The minimum Gasteiger partial charge on any atom is -0.342 e. The summed E-state index contributed by atoms with van der Waals surface area (Å²) in [5.74, 6) is 0.00376. The van der Waals surface area contributed by atoms with E-state index in [4.69, 9.17) is 4.98 Å². The van der Waals surface area contributed by atoms with Gasteiger partial charge in [-0.05, 0) is 46.8 Å². The highest BCUT2D eigenvalue weighted by atomic mass is 32.1. The van der Waals surface area contributed by atoms with E-state index in [2.05, 4.69) is 38.9 Å². The van der Waals surface area contributed by atoms with Gasteiger partial charge in [0.15, 0.2) is 5.65 Å². The summed E-state index contributed by atoms with van der Waals surface area (Å²) < 4.78 is 1.89. The van der Waals surface area contributed by atoms with Gasteiger partial charge in [-0.2, -0.15) is 5.10 Å². The zero-order chi connectivity index (χ0) is 18.3. The first-order valence-corrected chi connectivity index (χ1v) is 9.36. The number of carbonyl (C=O) groups excluding carboxylic acids is 1. The van der Waals surface area contributed by atoms with Crippen molar-refractivity contribution in [1.82, 2.24) is 19.7 Å². The molecule has 1 amide bonds. The summed E-state index contributed by atoms with van der Waals surface area (Å²) in [4.78, 5) is 21.9. The Morgan fingerprint density at radius 1 is 1.32 bits per heavy atom. The molecule has 0 spiro atoms. The zero-order valence-corrected chi connectivity index (χ0v) is 16.4. The number of thiophene rings is 1. The third kappa shape index (κ3) is 3.06. The van der Waals surface area contributed by atoms with Gasteiger partial charge in [0.2, 0.25) is 0 Å². The molecule has 0 N–H and O–H groups in total. The van der Waals surface area contributed by atoms with Gasteiger partial charge in [0.05, 0.1) is 22.8 Å². The molecule has 0 atom stereocenters. The van der Waals surface area contributed by atoms with Crippen LogP contribution in [0.25, 0.3) is 22.3 Å². The Labute approximate surface area is 152 Å². The highest BCUT2D eigenvalue weighted by Gasteiger charge is 2.21. The van der Waals surface area contributed by atoms with Gasteiger partial charge in [0.25, 0.3) is 5.91 Å². The van der Waals surface area contributed by atoms with Crippen molar-refractivity contribution in [3.05, 3.63) is 33.6 Å². The lowest BCUT2D eigenvalue weighted by Gasteiger charge is -2.16. The minimum atomic E-state index is 0.00376. The van der Waals surface area contributed by atoms with Crippen molar-refractivity contribution in [2.75, 3.05) is 13.6 Å². The van der Waals surface area contributed by atoms with Gasteiger partial charge >= 0.3 is 0 Å². The number of nitrogens with zero attached hydrogens (tertiary/aromatic N) is 4. The first kappa shape index (κ1) is 17.6. The van der Waals surface area contributed by atoms with Gasteiger partial charge in [-0.25, -0.2) is 9.67 Å². The molecule has 3 aromatic heterocycles. The van der Waals surface area contributed by atoms with E-state index in [-0.39, 0.29) is 11.9 Å². The second-order valence-electron chi connectivity index (χ2n) is 6.62. The van der Waals surface area contributed by atoms with E-state index in [0.29, 0.717) is 12.1 Å². The summed E-state index contributed by atoms with van der Waals surface area (Å²) in [7, 11) is 1.82. The average molecular weight is 356 g/mol. The van der Waals surface area contributed by atoms with E-state index in [1.54, 1.807) is 22.4 Å². The number of amides is 1. The molecule has 0 saturated heterocycles. The molecule has 3 heterocycles. The minimum absolute atomic E-state index is 0.00376. The van der Waals surface area contributed by atoms with E-state index in [0.717, 1.165) is 22.3 Å². The van der Waals surface area contributed by atoms with Crippen LogP contribution in [0.15, 0.2) is 18.3 Å². The maximum Gasteiger partial charge on any atom is 0.254 e. The van der Waals surface area contributed by atoms with Crippen LogP contribution in [0.1, 0.15) is 46.9 Å². The predicted molar refractivity (Wildman–Crippen MR) is 103 cm³/mol. The number of aryl methyl sites for hydroxylation is 2. The van der Waals surface area contributed by atoms with Crippen LogP contribution in [-0.2, 0) is 0 Å². The van der Waals surface area contributed by atoms with Crippen molar-refractivity contribution in [1.29, 1.82) is 0 Å². The highest BCUT2D eigenvalue weighted by molar-refractivity contribution is 7.12. The SMILES string of the molecule is CCN(C)C(=O)c1cc(-c2cc(C)sc2C)nc2c1cnn2C(C)C. The second-order valence-corrected chi connectivity index (χ2v) is 8.08. The summed E-state index contributed by atoms with van der Waals surface area (Å²) in [6, 6.07) is 4.23. The molecule has 0 aromatic carbocycles. The van der Waals surface area contributed by atoms with Gasteiger partial charge in [0, 0.05) is 35.0 Å². The van der Waals surface area contributed by atoms with Crippen molar-refractivity contribution in [2.24, 2.45) is 0 Å². The van der Waals surface area contributed by atoms with Crippen LogP contribution in [0, 0.1) is 13.8 Å². The quantitative estimate of drug-likeness (QED) is 0.694. The van der Waals surface area contributed by atoms with Crippen molar-refractivity contribution in [3.8, 4) is 11.3 Å². The van der Waals surface area contributed by atoms with E-state index in [1.165, 1.54) is 9.75 Å². The first-order valence-electron chi connectivity index (χ1n) is 8.54. The average Bonchev–Trinajstić information content (AvgIpc) is 3.15. The molecule has 0 fully saturated rings. The van der Waals surface area contributed by atoms with E-state index >= 15 is 0 Å². The van der Waals surface area contributed by atoms with Crippen LogP contribution in [0.3, 0.4) is 0 Å². The topological polar surface area (TPSA) is 51.0 Å². The van der Waals surface area contributed by atoms with Crippen molar-refractivity contribution >= 4 is 28.3 Å². The maximum absolute atomic E-state index is 12.9. The maximum atomic E-state index is 12.9. The summed E-state index contributed by atoms with van der Waals surface area (Å²) >= 11 is 1.75. The summed E-state index contributed by atoms with van der Waals surface area (Å²) in [6.07, 6.45) is 1.76. The lowest BCUT2D eigenvalue weighted by atomic mass is 10.1. The molecular weight excluding hydrogens is 332 g/mol. The fourth-order valence-electron chi connectivity index (χ4n) is 2.95. The molecule has 5 nitrogen and oxygen atoms in total. The number of fused-ring (bicyclic) bond motifs is 1. The van der Waals surface area contributed by atoms with Gasteiger partial charge in [-0.3, -0.25) is 4.79 Å².